The molecule has 0 spiro atoms. The Bertz CT molecular complexity index is 999. The zero-order valence-electron chi connectivity index (χ0n) is 16.3. The zero-order chi connectivity index (χ0) is 19.7. The molecule has 0 bridgehead atoms. The molecule has 1 aliphatic heterocycles. The van der Waals surface area contributed by atoms with Crippen molar-refractivity contribution in [1.82, 2.24) is 24.6 Å². The summed E-state index contributed by atoms with van der Waals surface area (Å²) in [7, 11) is 1.64. The number of carbonyl (C=O) groups excluding carboxylic acids is 1. The van der Waals surface area contributed by atoms with Gasteiger partial charge >= 0.3 is 0 Å². The van der Waals surface area contributed by atoms with E-state index in [-0.39, 0.29) is 11.9 Å². The molecule has 3 heterocycles. The van der Waals surface area contributed by atoms with Gasteiger partial charge in [0, 0.05) is 19.9 Å². The van der Waals surface area contributed by atoms with Crippen molar-refractivity contribution in [3.8, 4) is 11.1 Å². The summed E-state index contributed by atoms with van der Waals surface area (Å²) in [6, 6.07) is 11.9. The Morgan fingerprint density at radius 1 is 1.21 bits per heavy atom. The van der Waals surface area contributed by atoms with Crippen LogP contribution in [-0.4, -0.2) is 44.2 Å². The lowest BCUT2D eigenvalue weighted by molar-refractivity contribution is 0.0674. The topological polar surface area (TPSA) is 73.1 Å². The first-order chi connectivity index (χ1) is 13.6. The fourth-order valence-corrected chi connectivity index (χ4v) is 3.85. The molecule has 0 saturated heterocycles. The minimum Gasteiger partial charge on any atom is -0.377 e. The second-order valence-electron chi connectivity index (χ2n) is 7.06. The number of amides is 1. The summed E-state index contributed by atoms with van der Waals surface area (Å²) in [6.45, 7) is 5.36. The van der Waals surface area contributed by atoms with E-state index in [9.17, 15) is 4.79 Å². The number of methoxy groups -OCH3 is 1. The summed E-state index contributed by atoms with van der Waals surface area (Å²) >= 11 is 0. The van der Waals surface area contributed by atoms with Gasteiger partial charge in [-0.3, -0.25) is 9.78 Å². The van der Waals surface area contributed by atoms with Crippen LogP contribution in [0.1, 0.15) is 40.7 Å². The Balaban J connectivity index is 1.69. The van der Waals surface area contributed by atoms with Crippen molar-refractivity contribution in [3.05, 3.63) is 65.5 Å². The summed E-state index contributed by atoms with van der Waals surface area (Å²) in [4.78, 5) is 19.7. The third-order valence-electron chi connectivity index (χ3n) is 5.09. The van der Waals surface area contributed by atoms with Crippen LogP contribution >= 0.6 is 0 Å². The van der Waals surface area contributed by atoms with Crippen molar-refractivity contribution in [3.63, 3.8) is 0 Å². The maximum atomic E-state index is 13.5. The predicted octanol–water partition coefficient (Wildman–Crippen LogP) is 3.01. The Morgan fingerprint density at radius 2 is 2.00 bits per heavy atom. The second-order valence-corrected chi connectivity index (χ2v) is 7.06. The molecular formula is C21H23N5O2. The smallest absolute Gasteiger partial charge is 0.256 e. The number of fused-ring (bicyclic) bond motifs is 1. The first-order valence-electron chi connectivity index (χ1n) is 9.32. The van der Waals surface area contributed by atoms with Crippen LogP contribution in [0.15, 0.2) is 42.6 Å². The highest BCUT2D eigenvalue weighted by atomic mass is 16.5. The molecule has 0 unspecified atom stereocenters. The van der Waals surface area contributed by atoms with Crippen LogP contribution in [-0.2, 0) is 17.9 Å². The van der Waals surface area contributed by atoms with Gasteiger partial charge in [0.15, 0.2) is 11.6 Å². The van der Waals surface area contributed by atoms with Crippen molar-refractivity contribution >= 4 is 5.91 Å². The van der Waals surface area contributed by atoms with E-state index in [1.165, 1.54) is 0 Å². The molecule has 1 aliphatic rings. The Kier molecular flexibility index (Phi) is 4.92. The number of aromatic nitrogens is 4. The van der Waals surface area contributed by atoms with Crippen molar-refractivity contribution in [2.75, 3.05) is 13.7 Å². The Morgan fingerprint density at radius 3 is 2.75 bits per heavy atom. The summed E-state index contributed by atoms with van der Waals surface area (Å²) < 4.78 is 7.28. The molecule has 2 aromatic heterocycles. The number of aryl methyl sites for hydroxylation is 1. The quantitative estimate of drug-likeness (QED) is 0.699. The average molecular weight is 377 g/mol. The van der Waals surface area contributed by atoms with Crippen LogP contribution in [0, 0.1) is 6.92 Å². The third-order valence-corrected chi connectivity index (χ3v) is 5.09. The number of ether oxygens (including phenoxy) is 1. The molecular weight excluding hydrogens is 354 g/mol. The van der Waals surface area contributed by atoms with Crippen LogP contribution in [0.4, 0.5) is 0 Å². The molecule has 0 N–H and O–H groups in total. The summed E-state index contributed by atoms with van der Waals surface area (Å²) in [5.41, 5.74) is 3.28. The predicted molar refractivity (Wildman–Crippen MR) is 105 cm³/mol. The van der Waals surface area contributed by atoms with Gasteiger partial charge in [0.2, 0.25) is 0 Å². The molecule has 0 saturated carbocycles. The number of benzene rings is 1. The third kappa shape index (κ3) is 3.18. The van der Waals surface area contributed by atoms with Gasteiger partial charge in [0.25, 0.3) is 5.91 Å². The van der Waals surface area contributed by atoms with E-state index in [1.54, 1.807) is 13.3 Å². The highest BCUT2D eigenvalue weighted by molar-refractivity contribution is 6.01. The van der Waals surface area contributed by atoms with Crippen molar-refractivity contribution in [1.29, 1.82) is 0 Å². The molecule has 1 amide bonds. The largest absolute Gasteiger partial charge is 0.377 e. The first kappa shape index (κ1) is 18.3. The number of hydrogen-bond acceptors (Lipinski definition) is 5. The maximum Gasteiger partial charge on any atom is 0.256 e. The van der Waals surface area contributed by atoms with Crippen LogP contribution < -0.4 is 0 Å². The number of rotatable bonds is 4. The lowest BCUT2D eigenvalue weighted by Gasteiger charge is -2.33. The minimum absolute atomic E-state index is 0.0288. The van der Waals surface area contributed by atoms with Crippen molar-refractivity contribution < 1.29 is 9.53 Å². The number of carbonyl (C=O) groups is 1. The SMILES string of the molecule is COCc1nnc2n1[C@@H](C)CN(C(=O)c1c(-c3ccccc3)ccnc1C)C2. The average Bonchev–Trinajstić information content (AvgIpc) is 3.11. The van der Waals surface area contributed by atoms with Gasteiger partial charge in [-0.2, -0.15) is 0 Å². The number of pyridine rings is 1. The number of hydrogen-bond donors (Lipinski definition) is 0. The lowest BCUT2D eigenvalue weighted by atomic mass is 9.98. The monoisotopic (exact) mass is 377 g/mol. The van der Waals surface area contributed by atoms with E-state index in [0.717, 1.165) is 28.5 Å². The van der Waals surface area contributed by atoms with Crippen LogP contribution in [0.25, 0.3) is 11.1 Å². The van der Waals surface area contributed by atoms with Gasteiger partial charge in [-0.1, -0.05) is 30.3 Å². The molecule has 0 aliphatic carbocycles. The highest BCUT2D eigenvalue weighted by Crippen LogP contribution is 2.29. The Labute approximate surface area is 164 Å². The zero-order valence-corrected chi connectivity index (χ0v) is 16.3. The van der Waals surface area contributed by atoms with E-state index in [2.05, 4.69) is 26.7 Å². The lowest BCUT2D eigenvalue weighted by Crippen LogP contribution is -2.41. The molecule has 28 heavy (non-hydrogen) atoms. The van der Waals surface area contributed by atoms with Gasteiger partial charge < -0.3 is 14.2 Å². The van der Waals surface area contributed by atoms with Gasteiger partial charge in [0.05, 0.1) is 23.8 Å². The highest BCUT2D eigenvalue weighted by Gasteiger charge is 2.31. The molecule has 1 aromatic carbocycles. The fourth-order valence-electron chi connectivity index (χ4n) is 3.85. The van der Waals surface area contributed by atoms with E-state index < -0.39 is 0 Å². The van der Waals surface area contributed by atoms with Crippen LogP contribution in [0.2, 0.25) is 0 Å². The molecule has 0 radical (unpaired) electrons. The molecule has 4 rings (SSSR count). The van der Waals surface area contributed by atoms with Crippen LogP contribution in [0.5, 0.6) is 0 Å². The van der Waals surface area contributed by atoms with Gasteiger partial charge in [0.1, 0.15) is 6.61 Å². The first-order valence-corrected chi connectivity index (χ1v) is 9.32. The van der Waals surface area contributed by atoms with E-state index in [1.807, 2.05) is 48.2 Å². The maximum absolute atomic E-state index is 13.5. The van der Waals surface area contributed by atoms with Crippen molar-refractivity contribution in [2.24, 2.45) is 0 Å². The summed E-state index contributed by atoms with van der Waals surface area (Å²) in [5.74, 6) is 1.54. The standard InChI is InChI=1S/C21H23N5O2/c1-14-11-25(12-18-23-24-19(13-28-3)26(14)18)21(27)20-15(2)22-10-9-17(20)16-7-5-4-6-8-16/h4-10,14H,11-13H2,1-3H3/t14-/m0/s1. The second kappa shape index (κ2) is 7.52. The number of nitrogens with zero attached hydrogens (tertiary/aromatic N) is 5. The van der Waals surface area contributed by atoms with E-state index in [0.29, 0.717) is 25.3 Å². The Hall–Kier alpha value is -3.06. The van der Waals surface area contributed by atoms with Gasteiger partial charge in [-0.15, -0.1) is 10.2 Å². The molecule has 144 valence electrons. The van der Waals surface area contributed by atoms with Gasteiger partial charge in [-0.25, -0.2) is 0 Å². The summed E-state index contributed by atoms with van der Waals surface area (Å²) in [5, 5.41) is 8.50. The molecule has 1 atom stereocenters. The van der Waals surface area contributed by atoms with Crippen molar-refractivity contribution in [2.45, 2.75) is 33.0 Å². The molecule has 7 nitrogen and oxygen atoms in total. The molecule has 7 heteroatoms. The normalized spacial score (nSPS) is 16.1. The molecule has 0 fully saturated rings. The molecule has 3 aromatic rings. The van der Waals surface area contributed by atoms with E-state index >= 15 is 0 Å². The summed E-state index contributed by atoms with van der Waals surface area (Å²) in [6.07, 6.45) is 1.75. The van der Waals surface area contributed by atoms with E-state index in [4.69, 9.17) is 4.74 Å². The minimum atomic E-state index is -0.0288. The van der Waals surface area contributed by atoms with Crippen LogP contribution in [0.3, 0.4) is 0 Å². The van der Waals surface area contributed by atoms with Gasteiger partial charge in [-0.05, 0) is 31.0 Å². The fraction of sp³-hybridized carbons (Fsp3) is 0.333.